The molecule has 33 heavy (non-hydrogen) atoms. The lowest BCUT2D eigenvalue weighted by Gasteiger charge is -2.17. The van der Waals surface area contributed by atoms with Crippen LogP contribution in [-0.2, 0) is 16.1 Å². The Hall–Kier alpha value is -2.58. The Morgan fingerprint density at radius 1 is 1.03 bits per heavy atom. The minimum atomic E-state index is -0.440. The van der Waals surface area contributed by atoms with E-state index in [9.17, 15) is 9.59 Å². The molecule has 1 atom stereocenters. The van der Waals surface area contributed by atoms with Crippen LogP contribution in [-0.4, -0.2) is 38.9 Å². The average Bonchev–Trinajstić information content (AvgIpc) is 3.01. The van der Waals surface area contributed by atoms with E-state index in [2.05, 4.69) is 5.32 Å². The molecule has 3 rings (SSSR count). The fourth-order valence-electron chi connectivity index (χ4n) is 3.27. The fraction of sp³-hybridized carbons (Fsp3) is 0.400. The van der Waals surface area contributed by atoms with Crippen molar-refractivity contribution in [3.05, 3.63) is 54.1 Å². The summed E-state index contributed by atoms with van der Waals surface area (Å²) in [7, 11) is 0. The number of nitrogens with one attached hydrogen (secondary N) is 1. The van der Waals surface area contributed by atoms with E-state index in [1.807, 2.05) is 76.2 Å². The first kappa shape index (κ1) is 25.1. The Bertz CT molecular complexity index is 975. The van der Waals surface area contributed by atoms with Crippen molar-refractivity contribution in [2.24, 2.45) is 5.92 Å². The highest BCUT2D eigenvalue weighted by atomic mass is 32.2. The molecule has 2 amide bonds. The minimum absolute atomic E-state index is 0.0702. The molecule has 1 heterocycles. The molecule has 2 aromatic carbocycles. The molecule has 1 unspecified atom stereocenters. The maximum Gasteiger partial charge on any atom is 0.242 e. The molecule has 1 aliphatic heterocycles. The topological polar surface area (TPSA) is 67.9 Å². The number of carbonyl (C=O) groups is 2. The third-order valence-electron chi connectivity index (χ3n) is 4.77. The maximum absolute atomic E-state index is 12.5. The number of benzene rings is 2. The first-order valence-corrected chi connectivity index (χ1v) is 12.3. The molecule has 2 aromatic rings. The van der Waals surface area contributed by atoms with E-state index in [1.165, 1.54) is 11.8 Å². The van der Waals surface area contributed by atoms with Gasteiger partial charge in [-0.25, -0.2) is 0 Å². The number of ether oxygens (including phenoxy) is 2. The Morgan fingerprint density at radius 3 is 2.18 bits per heavy atom. The first-order chi connectivity index (χ1) is 15.7. The number of rotatable bonds is 10. The van der Waals surface area contributed by atoms with Gasteiger partial charge in [0.05, 0.1) is 11.4 Å². The monoisotopic (exact) mass is 486 g/mol. The minimum Gasteiger partial charge on any atom is -0.491 e. The van der Waals surface area contributed by atoms with Gasteiger partial charge in [-0.1, -0.05) is 50.0 Å². The predicted molar refractivity (Wildman–Crippen MR) is 136 cm³/mol. The zero-order chi connectivity index (χ0) is 24.0. The van der Waals surface area contributed by atoms with Gasteiger partial charge in [-0.15, -0.1) is 0 Å². The molecule has 1 N–H and O–H groups in total. The molecular weight excluding hydrogens is 456 g/mol. The number of thioether (sulfide) groups is 1. The van der Waals surface area contributed by atoms with Gasteiger partial charge in [0, 0.05) is 19.5 Å². The van der Waals surface area contributed by atoms with Gasteiger partial charge < -0.3 is 14.8 Å². The molecule has 8 heteroatoms. The van der Waals surface area contributed by atoms with E-state index in [0.29, 0.717) is 29.1 Å². The van der Waals surface area contributed by atoms with Crippen LogP contribution in [0.25, 0.3) is 0 Å². The van der Waals surface area contributed by atoms with Crippen LogP contribution >= 0.6 is 24.0 Å². The maximum atomic E-state index is 12.5. The molecule has 0 spiro atoms. The molecule has 0 bridgehead atoms. The summed E-state index contributed by atoms with van der Waals surface area (Å²) in [5.41, 5.74) is 0.943. The fourth-order valence-corrected chi connectivity index (χ4v) is 4.78. The summed E-state index contributed by atoms with van der Waals surface area (Å²) in [6.07, 6.45) is 0.245. The van der Waals surface area contributed by atoms with Crippen LogP contribution in [0, 0.1) is 5.92 Å². The van der Waals surface area contributed by atoms with E-state index < -0.39 is 5.25 Å². The van der Waals surface area contributed by atoms with Crippen molar-refractivity contribution in [1.82, 2.24) is 10.2 Å². The third kappa shape index (κ3) is 7.47. The highest BCUT2D eigenvalue weighted by molar-refractivity contribution is 8.24. The van der Waals surface area contributed by atoms with E-state index in [1.54, 1.807) is 4.90 Å². The zero-order valence-electron chi connectivity index (χ0n) is 19.4. The number of amides is 2. The Morgan fingerprint density at radius 2 is 1.61 bits per heavy atom. The van der Waals surface area contributed by atoms with Crippen molar-refractivity contribution in [3.8, 4) is 17.2 Å². The van der Waals surface area contributed by atoms with Gasteiger partial charge in [0.15, 0.2) is 0 Å². The molecular formula is C25H30N2O4S2. The summed E-state index contributed by atoms with van der Waals surface area (Å²) >= 11 is 6.61. The van der Waals surface area contributed by atoms with Crippen molar-refractivity contribution < 1.29 is 19.1 Å². The summed E-state index contributed by atoms with van der Waals surface area (Å²) < 4.78 is 12.1. The van der Waals surface area contributed by atoms with Crippen LogP contribution in [0.15, 0.2) is 48.5 Å². The smallest absolute Gasteiger partial charge is 0.242 e. The Balaban J connectivity index is 1.46. The molecule has 1 fully saturated rings. The molecule has 1 aliphatic rings. The molecule has 6 nitrogen and oxygen atoms in total. The summed E-state index contributed by atoms with van der Waals surface area (Å²) in [6, 6.07) is 15.0. The normalized spacial score (nSPS) is 15.9. The van der Waals surface area contributed by atoms with Crippen LogP contribution in [0.4, 0.5) is 0 Å². The SMILES string of the molecule is CC(C)CN1C(=O)C(CC(=O)NCc2ccc(Oc3ccc(OC(C)C)cc3)cc2)SC1=S. The van der Waals surface area contributed by atoms with Gasteiger partial charge in [0.1, 0.15) is 21.6 Å². The number of thiocarbonyl (C=S) groups is 1. The third-order valence-corrected chi connectivity index (χ3v) is 6.35. The number of nitrogens with zero attached hydrogens (tertiary/aromatic N) is 1. The van der Waals surface area contributed by atoms with Gasteiger partial charge in [0.2, 0.25) is 11.8 Å². The molecule has 0 radical (unpaired) electrons. The van der Waals surface area contributed by atoms with Crippen LogP contribution in [0.3, 0.4) is 0 Å². The second-order valence-electron chi connectivity index (χ2n) is 8.58. The van der Waals surface area contributed by atoms with Gasteiger partial charge >= 0.3 is 0 Å². The molecule has 0 saturated carbocycles. The van der Waals surface area contributed by atoms with Crippen LogP contribution in [0.2, 0.25) is 0 Å². The molecule has 176 valence electrons. The Kier molecular flexibility index (Phi) is 8.74. The van der Waals surface area contributed by atoms with Crippen molar-refractivity contribution in [1.29, 1.82) is 0 Å². The number of hydrogen-bond acceptors (Lipinski definition) is 6. The van der Waals surface area contributed by atoms with Gasteiger partial charge in [-0.05, 0) is 61.7 Å². The quantitative estimate of drug-likeness (QED) is 0.468. The lowest BCUT2D eigenvalue weighted by atomic mass is 10.2. The van der Waals surface area contributed by atoms with Gasteiger partial charge in [-0.3, -0.25) is 14.5 Å². The van der Waals surface area contributed by atoms with Crippen molar-refractivity contribution >= 4 is 40.1 Å². The summed E-state index contributed by atoms with van der Waals surface area (Å²) in [5.74, 6) is 2.31. The van der Waals surface area contributed by atoms with Crippen molar-refractivity contribution in [2.45, 2.75) is 52.0 Å². The predicted octanol–water partition coefficient (Wildman–Crippen LogP) is 5.16. The molecule has 0 aliphatic carbocycles. The largest absolute Gasteiger partial charge is 0.491 e. The first-order valence-electron chi connectivity index (χ1n) is 11.0. The molecule has 1 saturated heterocycles. The average molecular weight is 487 g/mol. The van der Waals surface area contributed by atoms with Crippen LogP contribution in [0.5, 0.6) is 17.2 Å². The van der Waals surface area contributed by atoms with Gasteiger partial charge in [-0.2, -0.15) is 0 Å². The standard InChI is InChI=1S/C25H30N2O4S2/c1-16(2)15-27-24(29)22(33-25(27)32)13-23(28)26-14-18-5-7-20(8-6-18)31-21-11-9-19(10-12-21)30-17(3)4/h5-12,16-17,22H,13-15H2,1-4H3,(H,26,28). The second-order valence-corrected chi connectivity index (χ2v) is 10.4. The highest BCUT2D eigenvalue weighted by Crippen LogP contribution is 2.30. The zero-order valence-corrected chi connectivity index (χ0v) is 21.0. The van der Waals surface area contributed by atoms with Crippen molar-refractivity contribution in [3.63, 3.8) is 0 Å². The lowest BCUT2D eigenvalue weighted by Crippen LogP contribution is -2.36. The number of hydrogen-bond donors (Lipinski definition) is 1. The lowest BCUT2D eigenvalue weighted by molar-refractivity contribution is -0.129. The summed E-state index contributed by atoms with van der Waals surface area (Å²) in [4.78, 5) is 26.5. The summed E-state index contributed by atoms with van der Waals surface area (Å²) in [5, 5.41) is 2.45. The van der Waals surface area contributed by atoms with E-state index >= 15 is 0 Å². The molecule has 0 aromatic heterocycles. The van der Waals surface area contributed by atoms with Gasteiger partial charge in [0.25, 0.3) is 0 Å². The second kappa shape index (κ2) is 11.5. The van der Waals surface area contributed by atoms with E-state index in [-0.39, 0.29) is 24.3 Å². The summed E-state index contributed by atoms with van der Waals surface area (Å²) in [6.45, 7) is 9.01. The van der Waals surface area contributed by atoms with Crippen LogP contribution in [0.1, 0.15) is 39.7 Å². The van der Waals surface area contributed by atoms with Crippen LogP contribution < -0.4 is 14.8 Å². The van der Waals surface area contributed by atoms with E-state index in [0.717, 1.165) is 17.1 Å². The van der Waals surface area contributed by atoms with E-state index in [4.69, 9.17) is 21.7 Å². The number of carbonyl (C=O) groups excluding carboxylic acids is 2. The Labute approximate surface area is 205 Å². The highest BCUT2D eigenvalue weighted by Gasteiger charge is 2.38. The van der Waals surface area contributed by atoms with Crippen molar-refractivity contribution in [2.75, 3.05) is 6.54 Å².